The normalized spacial score (nSPS) is 10.8. The molecule has 2 aromatic rings. The standard InChI is InChI=1S/C15H20N2O2/c1-3-8-16-10-12-5-4-6-14-13(12)7-9-17(14)11-15(18)19-2/h4-7,9,16H,3,8,10-11H2,1-2H3. The molecule has 1 N–H and O–H groups in total. The maximum atomic E-state index is 11.4. The highest BCUT2D eigenvalue weighted by molar-refractivity contribution is 5.85. The number of aromatic nitrogens is 1. The SMILES string of the molecule is CCCNCc1cccc2c1ccn2CC(=O)OC. The highest BCUT2D eigenvalue weighted by atomic mass is 16.5. The van der Waals surface area contributed by atoms with Crippen LogP contribution in [-0.2, 0) is 22.6 Å². The molecule has 0 amide bonds. The molecule has 0 atom stereocenters. The van der Waals surface area contributed by atoms with E-state index in [-0.39, 0.29) is 12.5 Å². The molecule has 19 heavy (non-hydrogen) atoms. The first-order chi connectivity index (χ1) is 9.26. The summed E-state index contributed by atoms with van der Waals surface area (Å²) in [5.41, 5.74) is 2.33. The molecule has 4 heteroatoms. The Morgan fingerprint density at radius 2 is 2.21 bits per heavy atom. The summed E-state index contributed by atoms with van der Waals surface area (Å²) in [6.45, 7) is 4.28. The minimum atomic E-state index is -0.230. The molecule has 0 aliphatic heterocycles. The zero-order valence-corrected chi connectivity index (χ0v) is 11.5. The fourth-order valence-electron chi connectivity index (χ4n) is 2.18. The summed E-state index contributed by atoms with van der Waals surface area (Å²) in [5.74, 6) is -0.230. The molecule has 0 aliphatic rings. The second kappa shape index (κ2) is 6.38. The van der Waals surface area contributed by atoms with Crippen LogP contribution in [0.1, 0.15) is 18.9 Å². The number of nitrogens with one attached hydrogen (secondary N) is 1. The first-order valence-corrected chi connectivity index (χ1v) is 6.60. The summed E-state index contributed by atoms with van der Waals surface area (Å²) in [6.07, 6.45) is 3.06. The van der Waals surface area contributed by atoms with E-state index in [1.54, 1.807) is 0 Å². The molecule has 2 rings (SSSR count). The van der Waals surface area contributed by atoms with Gasteiger partial charge >= 0.3 is 5.97 Å². The third-order valence-corrected chi connectivity index (χ3v) is 3.17. The number of hydrogen-bond acceptors (Lipinski definition) is 3. The number of benzene rings is 1. The topological polar surface area (TPSA) is 43.3 Å². The van der Waals surface area contributed by atoms with Crippen LogP contribution in [0.5, 0.6) is 0 Å². The van der Waals surface area contributed by atoms with Crippen molar-refractivity contribution in [3.05, 3.63) is 36.0 Å². The molecular formula is C15H20N2O2. The second-order valence-corrected chi connectivity index (χ2v) is 4.55. The van der Waals surface area contributed by atoms with E-state index in [0.717, 1.165) is 25.0 Å². The molecule has 1 aromatic carbocycles. The number of carbonyl (C=O) groups is 1. The molecule has 0 bridgehead atoms. The van der Waals surface area contributed by atoms with Gasteiger partial charge in [0, 0.05) is 23.6 Å². The number of nitrogens with zero attached hydrogens (tertiary/aromatic N) is 1. The lowest BCUT2D eigenvalue weighted by molar-refractivity contribution is -0.141. The fraction of sp³-hybridized carbons (Fsp3) is 0.400. The molecule has 0 unspecified atom stereocenters. The summed E-state index contributed by atoms with van der Waals surface area (Å²) >= 11 is 0. The summed E-state index contributed by atoms with van der Waals surface area (Å²) < 4.78 is 6.63. The van der Waals surface area contributed by atoms with Gasteiger partial charge in [0.25, 0.3) is 0 Å². The minimum absolute atomic E-state index is 0.230. The number of rotatable bonds is 6. The van der Waals surface area contributed by atoms with Gasteiger partial charge in [0.15, 0.2) is 0 Å². The summed E-state index contributed by atoms with van der Waals surface area (Å²) in [5, 5.41) is 4.59. The molecule has 1 heterocycles. The highest BCUT2D eigenvalue weighted by Gasteiger charge is 2.08. The van der Waals surface area contributed by atoms with Crippen LogP contribution in [0, 0.1) is 0 Å². The van der Waals surface area contributed by atoms with Crippen molar-refractivity contribution in [1.82, 2.24) is 9.88 Å². The Bertz CT molecular complexity index is 560. The van der Waals surface area contributed by atoms with Crippen LogP contribution in [0.2, 0.25) is 0 Å². The van der Waals surface area contributed by atoms with Crippen molar-refractivity contribution in [2.24, 2.45) is 0 Å². The first-order valence-electron chi connectivity index (χ1n) is 6.60. The second-order valence-electron chi connectivity index (χ2n) is 4.55. The Balaban J connectivity index is 2.23. The largest absolute Gasteiger partial charge is 0.468 e. The van der Waals surface area contributed by atoms with E-state index in [4.69, 9.17) is 4.74 Å². The monoisotopic (exact) mass is 260 g/mol. The molecular weight excluding hydrogens is 240 g/mol. The van der Waals surface area contributed by atoms with Gasteiger partial charge in [-0.25, -0.2) is 0 Å². The molecule has 1 aromatic heterocycles. The molecule has 0 aliphatic carbocycles. The third kappa shape index (κ3) is 3.15. The molecule has 0 radical (unpaired) electrons. The van der Waals surface area contributed by atoms with Crippen LogP contribution in [0.4, 0.5) is 0 Å². The average Bonchev–Trinajstić information content (AvgIpc) is 2.83. The van der Waals surface area contributed by atoms with E-state index < -0.39 is 0 Å². The van der Waals surface area contributed by atoms with Gasteiger partial charge in [-0.3, -0.25) is 4.79 Å². The molecule has 0 saturated carbocycles. The maximum absolute atomic E-state index is 11.4. The van der Waals surface area contributed by atoms with E-state index in [9.17, 15) is 4.79 Å². The van der Waals surface area contributed by atoms with Crippen molar-refractivity contribution >= 4 is 16.9 Å². The van der Waals surface area contributed by atoms with Gasteiger partial charge in [-0.1, -0.05) is 19.1 Å². The number of ether oxygens (including phenoxy) is 1. The van der Waals surface area contributed by atoms with E-state index in [2.05, 4.69) is 24.4 Å². The van der Waals surface area contributed by atoms with Crippen molar-refractivity contribution in [2.45, 2.75) is 26.4 Å². The van der Waals surface area contributed by atoms with Crippen molar-refractivity contribution < 1.29 is 9.53 Å². The van der Waals surface area contributed by atoms with E-state index >= 15 is 0 Å². The predicted octanol–water partition coefficient (Wildman–Crippen LogP) is 2.31. The van der Waals surface area contributed by atoms with Crippen LogP contribution in [0.15, 0.2) is 30.5 Å². The Labute approximate surface area is 113 Å². The van der Waals surface area contributed by atoms with Crippen LogP contribution in [0.25, 0.3) is 10.9 Å². The number of carbonyl (C=O) groups excluding carboxylic acids is 1. The van der Waals surface area contributed by atoms with Gasteiger partial charge in [0.2, 0.25) is 0 Å². The average molecular weight is 260 g/mol. The number of esters is 1. The molecule has 0 fully saturated rings. The lowest BCUT2D eigenvalue weighted by Gasteiger charge is -2.07. The van der Waals surface area contributed by atoms with Gasteiger partial charge in [0.05, 0.1) is 7.11 Å². The zero-order chi connectivity index (χ0) is 13.7. The van der Waals surface area contributed by atoms with E-state index in [0.29, 0.717) is 0 Å². The highest BCUT2D eigenvalue weighted by Crippen LogP contribution is 2.20. The number of hydrogen-bond donors (Lipinski definition) is 1. The van der Waals surface area contributed by atoms with Gasteiger partial charge in [-0.2, -0.15) is 0 Å². The lowest BCUT2D eigenvalue weighted by Crippen LogP contribution is -2.14. The molecule has 0 spiro atoms. The molecule has 4 nitrogen and oxygen atoms in total. The van der Waals surface area contributed by atoms with Gasteiger partial charge in [0.1, 0.15) is 6.54 Å². The van der Waals surface area contributed by atoms with E-state index in [1.807, 2.05) is 22.9 Å². The van der Waals surface area contributed by atoms with Crippen molar-refractivity contribution in [3.63, 3.8) is 0 Å². The predicted molar refractivity (Wildman–Crippen MR) is 76.0 cm³/mol. The van der Waals surface area contributed by atoms with Gasteiger partial charge in [-0.05, 0) is 30.7 Å². The van der Waals surface area contributed by atoms with Crippen molar-refractivity contribution in [2.75, 3.05) is 13.7 Å². The van der Waals surface area contributed by atoms with Gasteiger partial charge in [-0.15, -0.1) is 0 Å². The summed E-state index contributed by atoms with van der Waals surface area (Å²) in [4.78, 5) is 11.4. The fourth-order valence-corrected chi connectivity index (χ4v) is 2.18. The van der Waals surface area contributed by atoms with E-state index in [1.165, 1.54) is 18.1 Å². The minimum Gasteiger partial charge on any atom is -0.468 e. The number of fused-ring (bicyclic) bond motifs is 1. The summed E-state index contributed by atoms with van der Waals surface area (Å²) in [6, 6.07) is 8.23. The number of methoxy groups -OCH3 is 1. The Hall–Kier alpha value is -1.81. The van der Waals surface area contributed by atoms with Crippen LogP contribution < -0.4 is 5.32 Å². The molecule has 0 saturated heterocycles. The Kier molecular flexibility index (Phi) is 4.58. The van der Waals surface area contributed by atoms with Gasteiger partial charge < -0.3 is 14.6 Å². The van der Waals surface area contributed by atoms with Crippen LogP contribution in [0.3, 0.4) is 0 Å². The van der Waals surface area contributed by atoms with Crippen LogP contribution >= 0.6 is 0 Å². The van der Waals surface area contributed by atoms with Crippen LogP contribution in [-0.4, -0.2) is 24.2 Å². The maximum Gasteiger partial charge on any atom is 0.325 e. The molecule has 102 valence electrons. The first kappa shape index (κ1) is 13.6. The van der Waals surface area contributed by atoms with Crippen molar-refractivity contribution in [3.8, 4) is 0 Å². The summed E-state index contributed by atoms with van der Waals surface area (Å²) in [7, 11) is 1.41. The lowest BCUT2D eigenvalue weighted by atomic mass is 10.1. The Morgan fingerprint density at radius 3 is 2.95 bits per heavy atom. The third-order valence-electron chi connectivity index (χ3n) is 3.17. The smallest absolute Gasteiger partial charge is 0.325 e. The quantitative estimate of drug-likeness (QED) is 0.640. The van der Waals surface area contributed by atoms with Crippen molar-refractivity contribution in [1.29, 1.82) is 0 Å². The zero-order valence-electron chi connectivity index (χ0n) is 11.5. The Morgan fingerprint density at radius 1 is 1.37 bits per heavy atom.